The fraction of sp³-hybridized carbons (Fsp3) is 0.700. The molecule has 0 rings (SSSR count). The van der Waals surface area contributed by atoms with Gasteiger partial charge in [0, 0.05) is 12.8 Å². The minimum Gasteiger partial charge on any atom is -0.455 e. The van der Waals surface area contributed by atoms with E-state index in [9.17, 15) is 9.59 Å². The van der Waals surface area contributed by atoms with E-state index < -0.39 is 11.2 Å². The molecule has 0 aliphatic carbocycles. The van der Waals surface area contributed by atoms with Gasteiger partial charge in [-0.05, 0) is 52.7 Å². The SMILES string of the molecule is C=CC(C)(C)OC(=O)CCCCCCCCC(=O)OC(C)(C)C=C. The Hall–Kier alpha value is -1.58. The summed E-state index contributed by atoms with van der Waals surface area (Å²) in [6.45, 7) is 14.6. The molecule has 4 heteroatoms. The number of unbranched alkanes of at least 4 members (excludes halogenated alkanes) is 5. The van der Waals surface area contributed by atoms with E-state index >= 15 is 0 Å². The number of ether oxygens (including phenoxy) is 2. The molecule has 0 amide bonds. The summed E-state index contributed by atoms with van der Waals surface area (Å²) in [6.07, 6.45) is 9.94. The van der Waals surface area contributed by atoms with Crippen molar-refractivity contribution in [3.8, 4) is 0 Å². The average molecular weight is 338 g/mol. The van der Waals surface area contributed by atoms with E-state index in [0.717, 1.165) is 38.5 Å². The lowest BCUT2D eigenvalue weighted by Crippen LogP contribution is -2.25. The third-order valence-electron chi connectivity index (χ3n) is 3.75. The molecule has 0 fully saturated rings. The van der Waals surface area contributed by atoms with E-state index in [2.05, 4.69) is 13.2 Å². The second-order valence-electron chi connectivity index (χ2n) is 7.18. The normalized spacial score (nSPS) is 11.7. The van der Waals surface area contributed by atoms with Crippen LogP contribution in [0.4, 0.5) is 0 Å². The molecule has 0 aliphatic rings. The Morgan fingerprint density at radius 2 is 1.00 bits per heavy atom. The molecular weight excluding hydrogens is 304 g/mol. The summed E-state index contributed by atoms with van der Waals surface area (Å²) in [5.41, 5.74) is -1.18. The fourth-order valence-corrected chi connectivity index (χ4v) is 2.02. The number of rotatable bonds is 13. The Labute approximate surface area is 147 Å². The summed E-state index contributed by atoms with van der Waals surface area (Å²) >= 11 is 0. The van der Waals surface area contributed by atoms with Gasteiger partial charge in [0.25, 0.3) is 0 Å². The van der Waals surface area contributed by atoms with E-state index in [1.807, 2.05) is 27.7 Å². The predicted octanol–water partition coefficient (Wildman–Crippen LogP) is 5.12. The molecular formula is C20H34O4. The smallest absolute Gasteiger partial charge is 0.306 e. The Balaban J connectivity index is 3.58. The highest BCUT2D eigenvalue weighted by molar-refractivity contribution is 5.70. The van der Waals surface area contributed by atoms with Gasteiger partial charge in [0.1, 0.15) is 11.2 Å². The van der Waals surface area contributed by atoms with Crippen LogP contribution in [0, 0.1) is 0 Å². The van der Waals surface area contributed by atoms with Crippen molar-refractivity contribution in [1.29, 1.82) is 0 Å². The maximum atomic E-state index is 11.6. The van der Waals surface area contributed by atoms with Crippen LogP contribution in [0.25, 0.3) is 0 Å². The van der Waals surface area contributed by atoms with Crippen LogP contribution in [0.5, 0.6) is 0 Å². The third kappa shape index (κ3) is 11.9. The second-order valence-corrected chi connectivity index (χ2v) is 7.18. The molecule has 0 saturated carbocycles. The largest absolute Gasteiger partial charge is 0.455 e. The van der Waals surface area contributed by atoms with E-state index in [1.165, 1.54) is 0 Å². The lowest BCUT2D eigenvalue weighted by Gasteiger charge is -2.20. The van der Waals surface area contributed by atoms with Crippen molar-refractivity contribution in [2.45, 2.75) is 90.3 Å². The van der Waals surface area contributed by atoms with Crippen molar-refractivity contribution in [1.82, 2.24) is 0 Å². The lowest BCUT2D eigenvalue weighted by atomic mass is 10.1. The fourth-order valence-electron chi connectivity index (χ4n) is 2.02. The van der Waals surface area contributed by atoms with Gasteiger partial charge in [0.05, 0.1) is 0 Å². The summed E-state index contributed by atoms with van der Waals surface area (Å²) in [6, 6.07) is 0. The van der Waals surface area contributed by atoms with Gasteiger partial charge in [0.2, 0.25) is 0 Å². The summed E-state index contributed by atoms with van der Waals surface area (Å²) in [4.78, 5) is 23.3. The number of hydrogen-bond donors (Lipinski definition) is 0. The number of esters is 2. The van der Waals surface area contributed by atoms with Crippen molar-refractivity contribution in [2.75, 3.05) is 0 Å². The molecule has 0 unspecified atom stereocenters. The molecule has 0 bridgehead atoms. The first-order chi connectivity index (χ1) is 11.1. The minimum absolute atomic E-state index is 0.174. The third-order valence-corrected chi connectivity index (χ3v) is 3.75. The van der Waals surface area contributed by atoms with Gasteiger partial charge in [-0.2, -0.15) is 0 Å². The Kier molecular flexibility index (Phi) is 10.3. The van der Waals surface area contributed by atoms with Gasteiger partial charge < -0.3 is 9.47 Å². The summed E-state index contributed by atoms with van der Waals surface area (Å²) in [5, 5.41) is 0. The highest BCUT2D eigenvalue weighted by Gasteiger charge is 2.18. The summed E-state index contributed by atoms with van der Waals surface area (Å²) in [5.74, 6) is -0.347. The topological polar surface area (TPSA) is 52.6 Å². The van der Waals surface area contributed by atoms with Crippen LogP contribution in [-0.2, 0) is 19.1 Å². The maximum Gasteiger partial charge on any atom is 0.306 e. The monoisotopic (exact) mass is 338 g/mol. The van der Waals surface area contributed by atoms with Gasteiger partial charge in [-0.1, -0.05) is 38.8 Å². The molecule has 0 saturated heterocycles. The van der Waals surface area contributed by atoms with Gasteiger partial charge >= 0.3 is 11.9 Å². The van der Waals surface area contributed by atoms with Crippen molar-refractivity contribution in [3.63, 3.8) is 0 Å². The number of hydrogen-bond acceptors (Lipinski definition) is 4. The zero-order chi connectivity index (χ0) is 18.6. The molecule has 24 heavy (non-hydrogen) atoms. The molecule has 0 heterocycles. The Bertz CT molecular complexity index is 381. The molecule has 0 aliphatic heterocycles. The lowest BCUT2D eigenvalue weighted by molar-refractivity contribution is -0.153. The average Bonchev–Trinajstić information content (AvgIpc) is 2.49. The van der Waals surface area contributed by atoms with Gasteiger partial charge in [0.15, 0.2) is 0 Å². The van der Waals surface area contributed by atoms with Crippen molar-refractivity contribution < 1.29 is 19.1 Å². The highest BCUT2D eigenvalue weighted by Crippen LogP contribution is 2.15. The van der Waals surface area contributed by atoms with Crippen molar-refractivity contribution in [3.05, 3.63) is 25.3 Å². The van der Waals surface area contributed by atoms with Crippen LogP contribution in [0.1, 0.15) is 79.1 Å². The molecule has 138 valence electrons. The first kappa shape index (κ1) is 22.4. The molecule has 4 nitrogen and oxygen atoms in total. The van der Waals surface area contributed by atoms with Crippen LogP contribution in [0.2, 0.25) is 0 Å². The zero-order valence-corrected chi connectivity index (χ0v) is 15.9. The zero-order valence-electron chi connectivity index (χ0n) is 15.9. The molecule has 0 spiro atoms. The van der Waals surface area contributed by atoms with Crippen LogP contribution in [-0.4, -0.2) is 23.1 Å². The highest BCUT2D eigenvalue weighted by atomic mass is 16.6. The standard InChI is InChI=1S/C20H34O4/c1-7-19(3,4)23-17(21)15-13-11-9-10-12-14-16-18(22)24-20(5,6)8-2/h7-8H,1-2,9-16H2,3-6H3. The van der Waals surface area contributed by atoms with Crippen LogP contribution < -0.4 is 0 Å². The van der Waals surface area contributed by atoms with Gasteiger partial charge in [-0.3, -0.25) is 9.59 Å². The molecule has 0 aromatic rings. The van der Waals surface area contributed by atoms with Gasteiger partial charge in [-0.25, -0.2) is 0 Å². The second kappa shape index (κ2) is 11.1. The number of carbonyl (C=O) groups excluding carboxylic acids is 2. The van der Waals surface area contributed by atoms with Crippen molar-refractivity contribution >= 4 is 11.9 Å². The van der Waals surface area contributed by atoms with E-state index in [1.54, 1.807) is 12.2 Å². The minimum atomic E-state index is -0.591. The summed E-state index contributed by atoms with van der Waals surface area (Å²) < 4.78 is 10.6. The van der Waals surface area contributed by atoms with Crippen molar-refractivity contribution in [2.24, 2.45) is 0 Å². The number of carbonyl (C=O) groups is 2. The summed E-state index contributed by atoms with van der Waals surface area (Å²) in [7, 11) is 0. The first-order valence-electron chi connectivity index (χ1n) is 8.83. The Morgan fingerprint density at radius 1 is 0.708 bits per heavy atom. The first-order valence-corrected chi connectivity index (χ1v) is 8.83. The van der Waals surface area contributed by atoms with Crippen LogP contribution in [0.3, 0.4) is 0 Å². The van der Waals surface area contributed by atoms with Gasteiger partial charge in [-0.15, -0.1) is 0 Å². The van der Waals surface area contributed by atoms with E-state index in [0.29, 0.717) is 12.8 Å². The molecule has 0 radical (unpaired) electrons. The molecule has 0 N–H and O–H groups in total. The quantitative estimate of drug-likeness (QED) is 0.266. The molecule has 0 atom stereocenters. The van der Waals surface area contributed by atoms with Crippen LogP contribution in [0.15, 0.2) is 25.3 Å². The Morgan fingerprint density at radius 3 is 1.29 bits per heavy atom. The predicted molar refractivity (Wildman–Crippen MR) is 97.7 cm³/mol. The van der Waals surface area contributed by atoms with E-state index in [-0.39, 0.29) is 11.9 Å². The van der Waals surface area contributed by atoms with Crippen LogP contribution >= 0.6 is 0 Å². The van der Waals surface area contributed by atoms with E-state index in [4.69, 9.17) is 9.47 Å². The maximum absolute atomic E-state index is 11.6. The molecule has 0 aromatic heterocycles. The molecule has 0 aromatic carbocycles.